The fourth-order valence-corrected chi connectivity index (χ4v) is 3.01. The molecule has 0 unspecified atom stereocenters. The lowest BCUT2D eigenvalue weighted by Crippen LogP contribution is -2.28. The number of carbonyl (C=O) groups excluding carboxylic acids is 2. The van der Waals surface area contributed by atoms with E-state index < -0.39 is 3.93 Å². The Kier molecular flexibility index (Phi) is 6.89. The second-order valence-electron chi connectivity index (χ2n) is 6.44. The summed E-state index contributed by atoms with van der Waals surface area (Å²) >= 11 is 6.99. The second kappa shape index (κ2) is 9.21. The number of pyridine rings is 1. The highest BCUT2D eigenvalue weighted by Crippen LogP contribution is 2.38. The van der Waals surface area contributed by atoms with Crippen LogP contribution < -0.4 is 15.4 Å². The molecule has 1 fully saturated rings. The van der Waals surface area contributed by atoms with Gasteiger partial charge in [0.2, 0.25) is 5.91 Å². The number of alkyl halides is 3. The Labute approximate surface area is 184 Å². The van der Waals surface area contributed by atoms with Crippen LogP contribution >= 0.6 is 34.2 Å². The van der Waals surface area contributed by atoms with Gasteiger partial charge in [0.15, 0.2) is 0 Å². The van der Waals surface area contributed by atoms with E-state index in [1.165, 1.54) is 30.5 Å². The molecule has 6 nitrogen and oxygen atoms in total. The minimum absolute atomic E-state index is 0.0374. The smallest absolute Gasteiger partial charge is 0.321 e. The zero-order valence-electron chi connectivity index (χ0n) is 15.1. The lowest BCUT2D eigenvalue weighted by Gasteiger charge is -2.13. The van der Waals surface area contributed by atoms with Gasteiger partial charge in [0.05, 0.1) is 11.6 Å². The first-order valence-corrected chi connectivity index (χ1v) is 10.2. The maximum atomic E-state index is 13.3. The molecule has 10 heteroatoms. The third-order valence-corrected chi connectivity index (χ3v) is 5.04. The summed E-state index contributed by atoms with van der Waals surface area (Å²) in [4.78, 5) is 28.1. The summed E-state index contributed by atoms with van der Waals surface area (Å²) in [7, 11) is 0. The summed E-state index contributed by atoms with van der Waals surface area (Å²) < 4.78 is 29.0. The van der Waals surface area contributed by atoms with Crippen molar-refractivity contribution in [1.82, 2.24) is 10.3 Å². The van der Waals surface area contributed by atoms with Gasteiger partial charge in [-0.1, -0.05) is 11.6 Å². The summed E-state index contributed by atoms with van der Waals surface area (Å²) in [5.74, 6) is 0.162. The Morgan fingerprint density at radius 2 is 2.03 bits per heavy atom. The van der Waals surface area contributed by atoms with Gasteiger partial charge in [-0.2, -0.15) is 8.78 Å². The van der Waals surface area contributed by atoms with E-state index in [2.05, 4.69) is 15.6 Å². The van der Waals surface area contributed by atoms with E-state index in [1.807, 2.05) is 0 Å². The van der Waals surface area contributed by atoms with Crippen molar-refractivity contribution >= 4 is 51.8 Å². The third-order valence-electron chi connectivity index (χ3n) is 4.13. The van der Waals surface area contributed by atoms with Crippen molar-refractivity contribution in [3.8, 4) is 5.75 Å². The van der Waals surface area contributed by atoms with Gasteiger partial charge in [-0.15, -0.1) is 0 Å². The fourth-order valence-electron chi connectivity index (χ4n) is 2.44. The molecular weight excluding hydrogens is 519 g/mol. The quantitative estimate of drug-likeness (QED) is 0.299. The van der Waals surface area contributed by atoms with Gasteiger partial charge in [-0.05, 0) is 43.2 Å². The molecule has 2 amide bonds. The molecule has 2 aromatic rings. The number of hydrogen-bond acceptors (Lipinski definition) is 4. The van der Waals surface area contributed by atoms with Gasteiger partial charge in [0, 0.05) is 45.8 Å². The highest BCUT2D eigenvalue weighted by atomic mass is 127. The number of nitrogens with zero attached hydrogens (tertiary/aromatic N) is 1. The van der Waals surface area contributed by atoms with Crippen LogP contribution in [0.5, 0.6) is 5.75 Å². The van der Waals surface area contributed by atoms with Crippen LogP contribution in [0.15, 0.2) is 36.5 Å². The van der Waals surface area contributed by atoms with Crippen LogP contribution in [-0.4, -0.2) is 29.9 Å². The van der Waals surface area contributed by atoms with E-state index in [9.17, 15) is 18.4 Å². The topological polar surface area (TPSA) is 80.3 Å². The molecule has 0 bridgehead atoms. The standard InChI is InChI=1S/C19H17ClF2IN3O3/c20-14-10-13(19(21,22)23)3-4-15(14)29-8-7-25-17(27)12-5-6-24-16(9-12)26-18(28)11-1-2-11/h3-6,9-11H,1-2,7-8H2,(H,25,27)(H,24,26,28). The summed E-state index contributed by atoms with van der Waals surface area (Å²) in [6, 6.07) is 6.78. The Bertz CT molecular complexity index is 920. The van der Waals surface area contributed by atoms with E-state index in [1.54, 1.807) is 0 Å². The number of hydrogen-bond donors (Lipinski definition) is 2. The molecule has 0 saturated heterocycles. The number of amides is 2. The predicted octanol–water partition coefficient (Wildman–Crippen LogP) is 4.38. The Morgan fingerprint density at radius 1 is 1.28 bits per heavy atom. The van der Waals surface area contributed by atoms with Gasteiger partial charge in [-0.3, -0.25) is 9.59 Å². The van der Waals surface area contributed by atoms with Crippen molar-refractivity contribution in [3.63, 3.8) is 0 Å². The molecule has 0 atom stereocenters. The highest BCUT2D eigenvalue weighted by Gasteiger charge is 2.30. The van der Waals surface area contributed by atoms with E-state index in [4.69, 9.17) is 16.3 Å². The summed E-state index contributed by atoms with van der Waals surface area (Å²) in [6.45, 7) is 0.271. The molecule has 0 spiro atoms. The van der Waals surface area contributed by atoms with E-state index >= 15 is 0 Å². The summed E-state index contributed by atoms with van der Waals surface area (Å²) in [5, 5.41) is 5.42. The number of halogens is 4. The second-order valence-corrected chi connectivity index (χ2v) is 8.20. The molecule has 29 heavy (non-hydrogen) atoms. The highest BCUT2D eigenvalue weighted by molar-refractivity contribution is 14.1. The lowest BCUT2D eigenvalue weighted by molar-refractivity contribution is -0.117. The Morgan fingerprint density at radius 3 is 2.69 bits per heavy atom. The molecule has 1 aromatic heterocycles. The molecule has 1 aliphatic carbocycles. The maximum Gasteiger partial charge on any atom is 0.321 e. The lowest BCUT2D eigenvalue weighted by atomic mass is 10.2. The number of rotatable bonds is 8. The zero-order valence-corrected chi connectivity index (χ0v) is 18.0. The number of nitrogens with one attached hydrogen (secondary N) is 2. The van der Waals surface area contributed by atoms with E-state index in [-0.39, 0.29) is 47.2 Å². The number of benzene rings is 1. The van der Waals surface area contributed by atoms with Crippen molar-refractivity contribution in [1.29, 1.82) is 0 Å². The van der Waals surface area contributed by atoms with Gasteiger partial charge in [0.1, 0.15) is 18.2 Å². The minimum Gasteiger partial charge on any atom is -0.490 e. The van der Waals surface area contributed by atoms with Crippen molar-refractivity contribution in [2.45, 2.75) is 16.8 Å². The third kappa shape index (κ3) is 6.23. The fraction of sp³-hybridized carbons (Fsp3) is 0.316. The maximum absolute atomic E-state index is 13.3. The number of anilines is 1. The van der Waals surface area contributed by atoms with Crippen molar-refractivity contribution in [2.24, 2.45) is 5.92 Å². The first-order valence-electron chi connectivity index (χ1n) is 8.78. The van der Waals surface area contributed by atoms with Crippen LogP contribution in [-0.2, 0) is 8.72 Å². The largest absolute Gasteiger partial charge is 0.490 e. The molecule has 1 heterocycles. The Balaban J connectivity index is 1.48. The van der Waals surface area contributed by atoms with E-state index in [0.717, 1.165) is 41.5 Å². The van der Waals surface area contributed by atoms with E-state index in [0.29, 0.717) is 11.4 Å². The Hall–Kier alpha value is -2.01. The van der Waals surface area contributed by atoms with Crippen LogP contribution in [0.1, 0.15) is 28.8 Å². The van der Waals surface area contributed by atoms with Crippen LogP contribution in [0.3, 0.4) is 0 Å². The predicted molar refractivity (Wildman–Crippen MR) is 113 cm³/mol. The SMILES string of the molecule is O=C(NCCOc1ccc(C(F)(F)I)cc1Cl)c1ccnc(NC(=O)C2CC2)c1. The van der Waals surface area contributed by atoms with Crippen molar-refractivity contribution in [3.05, 3.63) is 52.7 Å². The van der Waals surface area contributed by atoms with Crippen LogP contribution in [0.25, 0.3) is 0 Å². The first-order chi connectivity index (χ1) is 13.7. The number of ether oxygens (including phenoxy) is 1. The molecule has 154 valence electrons. The average molecular weight is 536 g/mol. The molecule has 2 N–H and O–H groups in total. The molecular formula is C19H17ClF2IN3O3. The van der Waals surface area contributed by atoms with Gasteiger partial charge in [-0.25, -0.2) is 4.98 Å². The molecule has 0 aliphatic heterocycles. The number of carbonyl (C=O) groups is 2. The monoisotopic (exact) mass is 535 g/mol. The first kappa shape index (κ1) is 21.7. The average Bonchev–Trinajstić information content (AvgIpc) is 3.51. The van der Waals surface area contributed by atoms with Crippen molar-refractivity contribution in [2.75, 3.05) is 18.5 Å². The van der Waals surface area contributed by atoms with Crippen LogP contribution in [0.4, 0.5) is 14.6 Å². The van der Waals surface area contributed by atoms with Crippen LogP contribution in [0.2, 0.25) is 5.02 Å². The molecule has 0 radical (unpaired) electrons. The molecule has 1 aliphatic rings. The molecule has 1 saturated carbocycles. The zero-order chi connectivity index (χ0) is 21.0. The molecule has 1 aromatic carbocycles. The van der Waals surface area contributed by atoms with Gasteiger partial charge >= 0.3 is 3.93 Å². The normalized spacial score (nSPS) is 13.7. The van der Waals surface area contributed by atoms with Gasteiger partial charge < -0.3 is 15.4 Å². The summed E-state index contributed by atoms with van der Waals surface area (Å²) in [5.41, 5.74) is 0.129. The van der Waals surface area contributed by atoms with Crippen molar-refractivity contribution < 1.29 is 23.1 Å². The summed E-state index contributed by atoms with van der Waals surface area (Å²) in [6.07, 6.45) is 3.19. The van der Waals surface area contributed by atoms with Gasteiger partial charge in [0.25, 0.3) is 5.91 Å². The minimum atomic E-state index is -3.02. The number of aromatic nitrogens is 1. The molecule has 3 rings (SSSR count). The van der Waals surface area contributed by atoms with Crippen LogP contribution in [0, 0.1) is 5.92 Å².